The Morgan fingerprint density at radius 3 is 2.41 bits per heavy atom. The van der Waals surface area contributed by atoms with Gasteiger partial charge in [-0.1, -0.05) is 41.0 Å². The van der Waals surface area contributed by atoms with Gasteiger partial charge in [-0.3, -0.25) is 9.52 Å². The van der Waals surface area contributed by atoms with E-state index in [4.69, 9.17) is 11.6 Å². The third kappa shape index (κ3) is 5.77. The molecule has 1 unspecified atom stereocenters. The average molecular weight is 474 g/mol. The summed E-state index contributed by atoms with van der Waals surface area (Å²) in [6, 6.07) is 15.6. The summed E-state index contributed by atoms with van der Waals surface area (Å²) in [5, 5.41) is 14.2. The summed E-state index contributed by atoms with van der Waals surface area (Å²) in [6.45, 7) is 1.93. The van der Waals surface area contributed by atoms with Crippen molar-refractivity contribution >= 4 is 33.0 Å². The predicted molar refractivity (Wildman–Crippen MR) is 128 cm³/mol. The Labute approximate surface area is 192 Å². The summed E-state index contributed by atoms with van der Waals surface area (Å²) in [5.41, 5.74) is 4.22. The fourth-order valence-corrected chi connectivity index (χ4v) is 4.42. The number of sulfonamides is 1. The molecular formula is C23H24ClN3O4S. The van der Waals surface area contributed by atoms with Gasteiger partial charge in [-0.25, -0.2) is 8.42 Å². The van der Waals surface area contributed by atoms with Crippen molar-refractivity contribution in [2.45, 2.75) is 19.3 Å². The van der Waals surface area contributed by atoms with Crippen LogP contribution in [-0.4, -0.2) is 30.2 Å². The Morgan fingerprint density at radius 1 is 1.16 bits per heavy atom. The molecule has 0 fully saturated rings. The van der Waals surface area contributed by atoms with Gasteiger partial charge in [0.15, 0.2) is 0 Å². The molecule has 3 aromatic rings. The molecule has 0 aliphatic heterocycles. The molecule has 0 amide bonds. The summed E-state index contributed by atoms with van der Waals surface area (Å²) in [7, 11) is -1.74. The Balaban J connectivity index is 2.07. The molecule has 1 heterocycles. The lowest BCUT2D eigenvalue weighted by molar-refractivity contribution is 0.316. The molecule has 32 heavy (non-hydrogen) atoms. The van der Waals surface area contributed by atoms with Crippen molar-refractivity contribution in [3.05, 3.63) is 98.4 Å². The van der Waals surface area contributed by atoms with Gasteiger partial charge in [0.2, 0.25) is 15.6 Å². The fourth-order valence-electron chi connectivity index (χ4n) is 3.63. The van der Waals surface area contributed by atoms with E-state index in [1.165, 1.54) is 10.6 Å². The molecule has 0 saturated heterocycles. The third-order valence-corrected chi connectivity index (χ3v) is 5.93. The molecule has 2 N–H and O–H groups in total. The van der Waals surface area contributed by atoms with Gasteiger partial charge in [0, 0.05) is 36.4 Å². The van der Waals surface area contributed by atoms with E-state index in [9.17, 15) is 18.4 Å². The van der Waals surface area contributed by atoms with Crippen LogP contribution in [0, 0.1) is 6.92 Å². The molecule has 0 radical (unpaired) electrons. The molecule has 9 heteroatoms. The van der Waals surface area contributed by atoms with Gasteiger partial charge in [0.1, 0.15) is 0 Å². The van der Waals surface area contributed by atoms with Crippen molar-refractivity contribution < 1.29 is 13.6 Å². The maximum absolute atomic E-state index is 11.7. The first-order valence-corrected chi connectivity index (χ1v) is 12.0. The number of anilines is 1. The molecule has 3 rings (SSSR count). The van der Waals surface area contributed by atoms with Crippen LogP contribution < -0.4 is 10.3 Å². The number of hydrogen-bond acceptors (Lipinski definition) is 5. The zero-order chi connectivity index (χ0) is 23.5. The second-order valence-corrected chi connectivity index (χ2v) is 9.87. The maximum Gasteiger partial charge on any atom is 0.250 e. The SMILES string of the molecule is Cc1cc(Cl)ccc1C(C(Cc1ccc(=O)n(C)c1)=NO)c1ccc(NS(C)(=O)=O)cc1. The van der Waals surface area contributed by atoms with Crippen LogP contribution in [0.25, 0.3) is 0 Å². The van der Waals surface area contributed by atoms with Gasteiger partial charge in [-0.05, 0) is 53.4 Å². The topological polar surface area (TPSA) is 101 Å². The predicted octanol–water partition coefficient (Wildman–Crippen LogP) is 3.92. The second-order valence-electron chi connectivity index (χ2n) is 7.68. The highest BCUT2D eigenvalue weighted by Crippen LogP contribution is 2.32. The Kier molecular flexibility index (Phi) is 7.06. The number of oxime groups is 1. The molecule has 0 aliphatic carbocycles. The Bertz CT molecular complexity index is 1320. The van der Waals surface area contributed by atoms with Crippen LogP contribution in [0.3, 0.4) is 0 Å². The van der Waals surface area contributed by atoms with E-state index in [1.54, 1.807) is 49.6 Å². The van der Waals surface area contributed by atoms with Gasteiger partial charge in [0.05, 0.1) is 17.9 Å². The number of benzene rings is 2. The first kappa shape index (κ1) is 23.6. The first-order chi connectivity index (χ1) is 15.1. The van der Waals surface area contributed by atoms with E-state index in [1.807, 2.05) is 19.1 Å². The zero-order valence-electron chi connectivity index (χ0n) is 17.9. The number of nitrogens with zero attached hydrogens (tertiary/aromatic N) is 2. The van der Waals surface area contributed by atoms with E-state index in [0.717, 1.165) is 28.5 Å². The molecule has 0 bridgehead atoms. The number of rotatable bonds is 7. The van der Waals surface area contributed by atoms with Crippen LogP contribution in [0.15, 0.2) is 70.7 Å². The normalized spacial score (nSPS) is 13.1. The van der Waals surface area contributed by atoms with Crippen molar-refractivity contribution in [1.82, 2.24) is 4.57 Å². The van der Waals surface area contributed by atoms with Gasteiger partial charge >= 0.3 is 0 Å². The van der Waals surface area contributed by atoms with Crippen molar-refractivity contribution in [3.63, 3.8) is 0 Å². The van der Waals surface area contributed by atoms with Gasteiger partial charge < -0.3 is 9.77 Å². The molecule has 0 spiro atoms. The van der Waals surface area contributed by atoms with E-state index in [-0.39, 0.29) is 5.56 Å². The summed E-state index contributed by atoms with van der Waals surface area (Å²) in [6.07, 6.45) is 3.10. The lowest BCUT2D eigenvalue weighted by Crippen LogP contribution is -2.20. The standard InChI is InChI=1S/C23H24ClN3O4S/c1-15-12-18(24)7-10-20(15)23(17-5-8-19(9-6-17)26-32(3,30)31)21(25-29)13-16-4-11-22(28)27(2)14-16/h4-12,14,23,26,29H,13H2,1-3H3. The first-order valence-electron chi connectivity index (χ1n) is 9.77. The monoisotopic (exact) mass is 473 g/mol. The van der Waals surface area contributed by atoms with Crippen LogP contribution in [0.1, 0.15) is 28.2 Å². The van der Waals surface area contributed by atoms with Crippen LogP contribution in [-0.2, 0) is 23.5 Å². The minimum Gasteiger partial charge on any atom is -0.411 e. The number of nitrogens with one attached hydrogen (secondary N) is 1. The number of hydrogen-bond donors (Lipinski definition) is 2. The third-order valence-electron chi connectivity index (χ3n) is 5.08. The van der Waals surface area contributed by atoms with Crippen LogP contribution in [0.4, 0.5) is 5.69 Å². The molecule has 1 atom stereocenters. The minimum atomic E-state index is -3.40. The Hall–Kier alpha value is -3.10. The summed E-state index contributed by atoms with van der Waals surface area (Å²) >= 11 is 6.15. The number of pyridine rings is 1. The molecule has 0 saturated carbocycles. The summed E-state index contributed by atoms with van der Waals surface area (Å²) in [5.74, 6) is -0.415. The molecule has 168 valence electrons. The van der Waals surface area contributed by atoms with Crippen molar-refractivity contribution in [2.75, 3.05) is 11.0 Å². The zero-order valence-corrected chi connectivity index (χ0v) is 19.5. The second kappa shape index (κ2) is 9.58. The highest BCUT2D eigenvalue weighted by Gasteiger charge is 2.24. The largest absolute Gasteiger partial charge is 0.411 e. The molecule has 1 aromatic heterocycles. The lowest BCUT2D eigenvalue weighted by atomic mass is 9.83. The molecule has 2 aromatic carbocycles. The number of halogens is 1. The van der Waals surface area contributed by atoms with E-state index >= 15 is 0 Å². The number of aryl methyl sites for hydroxylation is 2. The highest BCUT2D eigenvalue weighted by atomic mass is 35.5. The van der Waals surface area contributed by atoms with Crippen LogP contribution >= 0.6 is 11.6 Å². The summed E-state index contributed by atoms with van der Waals surface area (Å²) in [4.78, 5) is 11.7. The van der Waals surface area contributed by atoms with Crippen molar-refractivity contribution in [1.29, 1.82) is 0 Å². The summed E-state index contributed by atoms with van der Waals surface area (Å²) < 4.78 is 27.0. The lowest BCUT2D eigenvalue weighted by Gasteiger charge is -2.22. The Morgan fingerprint density at radius 2 is 1.84 bits per heavy atom. The van der Waals surface area contributed by atoms with Gasteiger partial charge in [0.25, 0.3) is 0 Å². The molecule has 0 aliphatic rings. The van der Waals surface area contributed by atoms with Gasteiger partial charge in [-0.2, -0.15) is 0 Å². The van der Waals surface area contributed by atoms with Gasteiger partial charge in [-0.15, -0.1) is 0 Å². The van der Waals surface area contributed by atoms with E-state index in [2.05, 4.69) is 9.88 Å². The average Bonchev–Trinajstić information content (AvgIpc) is 2.71. The van der Waals surface area contributed by atoms with Crippen molar-refractivity contribution in [2.24, 2.45) is 12.2 Å². The maximum atomic E-state index is 11.7. The fraction of sp³-hybridized carbons (Fsp3) is 0.217. The number of aromatic nitrogens is 1. The van der Waals surface area contributed by atoms with Crippen molar-refractivity contribution in [3.8, 4) is 0 Å². The smallest absolute Gasteiger partial charge is 0.250 e. The van der Waals surface area contributed by atoms with Crippen LogP contribution in [0.2, 0.25) is 5.02 Å². The van der Waals surface area contributed by atoms with Crippen LogP contribution in [0.5, 0.6) is 0 Å². The minimum absolute atomic E-state index is 0.129. The molecular weight excluding hydrogens is 450 g/mol. The highest BCUT2D eigenvalue weighted by molar-refractivity contribution is 7.92. The van der Waals surface area contributed by atoms with E-state index < -0.39 is 15.9 Å². The molecule has 7 nitrogen and oxygen atoms in total. The van der Waals surface area contributed by atoms with E-state index in [0.29, 0.717) is 22.8 Å². The quantitative estimate of drug-likeness (QED) is 0.308.